The van der Waals surface area contributed by atoms with E-state index in [2.05, 4.69) is 15.6 Å². The highest BCUT2D eigenvalue weighted by molar-refractivity contribution is 7.80. The van der Waals surface area contributed by atoms with Crippen LogP contribution < -0.4 is 10.6 Å². The summed E-state index contributed by atoms with van der Waals surface area (Å²) in [4.78, 5) is 16.5. The fourth-order valence-corrected chi connectivity index (χ4v) is 2.67. The van der Waals surface area contributed by atoms with E-state index in [1.807, 2.05) is 24.3 Å². The van der Waals surface area contributed by atoms with Crippen molar-refractivity contribution in [1.29, 1.82) is 0 Å². The van der Waals surface area contributed by atoms with Crippen molar-refractivity contribution >= 4 is 40.0 Å². The molecule has 3 aromatic rings. The highest BCUT2D eigenvalue weighted by Gasteiger charge is 2.22. The second-order valence-corrected chi connectivity index (χ2v) is 7.74. The van der Waals surface area contributed by atoms with Crippen LogP contribution in [0.15, 0.2) is 40.8 Å². The van der Waals surface area contributed by atoms with E-state index < -0.39 is 5.41 Å². The number of phenolic OH excluding ortho intramolecular Hbond substituents is 1. The van der Waals surface area contributed by atoms with Crippen molar-refractivity contribution in [2.24, 2.45) is 5.41 Å². The van der Waals surface area contributed by atoms with Gasteiger partial charge < -0.3 is 20.2 Å². The van der Waals surface area contributed by atoms with E-state index >= 15 is 0 Å². The topological polar surface area (TPSA) is 87.4 Å². The predicted molar refractivity (Wildman–Crippen MR) is 110 cm³/mol. The van der Waals surface area contributed by atoms with Gasteiger partial charge in [-0.25, -0.2) is 4.98 Å². The molecule has 3 rings (SSSR count). The molecular formula is C20H21N3O3S. The number of benzene rings is 2. The maximum Gasteiger partial charge on any atom is 0.231 e. The zero-order valence-electron chi connectivity index (χ0n) is 15.6. The Labute approximate surface area is 162 Å². The number of anilines is 1. The van der Waals surface area contributed by atoms with Crippen LogP contribution in [0.3, 0.4) is 0 Å². The molecule has 0 aliphatic rings. The number of aromatic hydroxyl groups is 1. The Kier molecular flexibility index (Phi) is 4.89. The summed E-state index contributed by atoms with van der Waals surface area (Å²) in [6.45, 7) is 7.19. The molecule has 0 aliphatic carbocycles. The molecule has 1 amide bonds. The van der Waals surface area contributed by atoms with E-state index in [0.717, 1.165) is 0 Å². The third-order valence-electron chi connectivity index (χ3n) is 3.99. The van der Waals surface area contributed by atoms with Crippen molar-refractivity contribution in [1.82, 2.24) is 10.3 Å². The number of nitrogens with one attached hydrogen (secondary N) is 2. The highest BCUT2D eigenvalue weighted by Crippen LogP contribution is 2.36. The van der Waals surface area contributed by atoms with Crippen LogP contribution in [0.2, 0.25) is 0 Å². The van der Waals surface area contributed by atoms with Crippen molar-refractivity contribution < 1.29 is 14.3 Å². The van der Waals surface area contributed by atoms with Gasteiger partial charge >= 0.3 is 0 Å². The first-order chi connectivity index (χ1) is 12.6. The first kappa shape index (κ1) is 18.8. The van der Waals surface area contributed by atoms with Crippen molar-refractivity contribution in [3.05, 3.63) is 42.0 Å². The van der Waals surface area contributed by atoms with E-state index in [9.17, 15) is 9.90 Å². The van der Waals surface area contributed by atoms with Gasteiger partial charge in [-0.15, -0.1) is 0 Å². The van der Waals surface area contributed by atoms with Crippen LogP contribution in [0.25, 0.3) is 22.6 Å². The van der Waals surface area contributed by atoms with Crippen LogP contribution in [-0.4, -0.2) is 21.1 Å². The van der Waals surface area contributed by atoms with Crippen LogP contribution in [0, 0.1) is 12.3 Å². The number of oxazole rings is 1. The Morgan fingerprint density at radius 1 is 1.22 bits per heavy atom. The molecular weight excluding hydrogens is 362 g/mol. The number of amides is 1. The number of hydrogen-bond donors (Lipinski definition) is 3. The van der Waals surface area contributed by atoms with E-state index in [0.29, 0.717) is 33.8 Å². The molecule has 0 fully saturated rings. The van der Waals surface area contributed by atoms with E-state index in [1.165, 1.54) is 0 Å². The number of carbonyl (C=O) groups excluding carboxylic acids is 1. The van der Waals surface area contributed by atoms with Gasteiger partial charge in [0.25, 0.3) is 0 Å². The van der Waals surface area contributed by atoms with Gasteiger partial charge in [0.05, 0.1) is 5.56 Å². The molecule has 0 unspecified atom stereocenters. The van der Waals surface area contributed by atoms with Gasteiger partial charge in [0.15, 0.2) is 10.7 Å². The molecule has 0 atom stereocenters. The van der Waals surface area contributed by atoms with Gasteiger partial charge in [-0.2, -0.15) is 0 Å². The average Bonchev–Trinajstić information content (AvgIpc) is 3.00. The monoisotopic (exact) mass is 383 g/mol. The first-order valence-corrected chi connectivity index (χ1v) is 8.88. The lowest BCUT2D eigenvalue weighted by Gasteiger charge is -2.19. The molecule has 2 aromatic carbocycles. The number of para-hydroxylation sites is 2. The minimum absolute atomic E-state index is 0.0803. The van der Waals surface area contributed by atoms with Crippen molar-refractivity contribution in [3.8, 4) is 17.2 Å². The standard InChI is InChI=1S/C20H21N3O3S/c1-11-9-12(21-19(27)23-18(25)20(2,3)4)10-13(16(11)24)17-22-14-7-5-6-8-15(14)26-17/h5-10,24H,1-4H3,(H2,21,23,25,27). The first-order valence-electron chi connectivity index (χ1n) is 8.47. The number of phenols is 1. The fourth-order valence-electron chi connectivity index (χ4n) is 2.46. The Bertz CT molecular complexity index is 1000. The van der Waals surface area contributed by atoms with E-state index in [-0.39, 0.29) is 16.8 Å². The molecule has 1 aromatic heterocycles. The van der Waals surface area contributed by atoms with Gasteiger partial charge in [0.1, 0.15) is 11.3 Å². The molecule has 27 heavy (non-hydrogen) atoms. The predicted octanol–water partition coefficient (Wildman–Crippen LogP) is 4.37. The van der Waals surface area contributed by atoms with E-state index in [4.69, 9.17) is 16.6 Å². The molecule has 0 saturated carbocycles. The smallest absolute Gasteiger partial charge is 0.231 e. The van der Waals surface area contributed by atoms with Gasteiger partial charge in [0.2, 0.25) is 11.8 Å². The largest absolute Gasteiger partial charge is 0.507 e. The number of aryl methyl sites for hydroxylation is 1. The highest BCUT2D eigenvalue weighted by atomic mass is 32.1. The summed E-state index contributed by atoms with van der Waals surface area (Å²) in [6, 6.07) is 10.8. The van der Waals surface area contributed by atoms with Crippen LogP contribution in [-0.2, 0) is 4.79 Å². The summed E-state index contributed by atoms with van der Waals surface area (Å²) < 4.78 is 5.76. The molecule has 140 valence electrons. The molecule has 0 saturated heterocycles. The number of carbonyl (C=O) groups is 1. The van der Waals surface area contributed by atoms with Crippen LogP contribution >= 0.6 is 12.2 Å². The zero-order chi connectivity index (χ0) is 19.8. The summed E-state index contributed by atoms with van der Waals surface area (Å²) in [6.07, 6.45) is 0. The minimum atomic E-state index is -0.556. The molecule has 0 bridgehead atoms. The van der Waals surface area contributed by atoms with Crippen LogP contribution in [0.5, 0.6) is 5.75 Å². The summed E-state index contributed by atoms with van der Waals surface area (Å²) in [5.74, 6) is 0.205. The van der Waals surface area contributed by atoms with Crippen molar-refractivity contribution in [3.63, 3.8) is 0 Å². The lowest BCUT2D eigenvalue weighted by atomic mass is 9.96. The molecule has 0 aliphatic heterocycles. The summed E-state index contributed by atoms with van der Waals surface area (Å²) >= 11 is 5.23. The third kappa shape index (κ3) is 4.09. The maximum atomic E-state index is 12.1. The molecule has 0 spiro atoms. The van der Waals surface area contributed by atoms with E-state index in [1.54, 1.807) is 39.8 Å². The Balaban J connectivity index is 1.90. The Hall–Kier alpha value is -2.93. The minimum Gasteiger partial charge on any atom is -0.507 e. The number of rotatable bonds is 2. The number of nitrogens with zero attached hydrogens (tertiary/aromatic N) is 1. The number of thiocarbonyl (C=S) groups is 1. The zero-order valence-corrected chi connectivity index (χ0v) is 16.4. The van der Waals surface area contributed by atoms with Gasteiger partial charge in [-0.05, 0) is 49.0 Å². The van der Waals surface area contributed by atoms with Crippen LogP contribution in [0.4, 0.5) is 5.69 Å². The Morgan fingerprint density at radius 3 is 2.59 bits per heavy atom. The number of fused-ring (bicyclic) bond motifs is 1. The normalized spacial score (nSPS) is 11.4. The lowest BCUT2D eigenvalue weighted by molar-refractivity contribution is -0.126. The number of aromatic nitrogens is 1. The van der Waals surface area contributed by atoms with Gasteiger partial charge in [-0.3, -0.25) is 4.79 Å². The number of hydrogen-bond acceptors (Lipinski definition) is 5. The summed E-state index contributed by atoms with van der Waals surface area (Å²) in [5.41, 5.74) is 2.47. The summed E-state index contributed by atoms with van der Waals surface area (Å²) in [7, 11) is 0. The SMILES string of the molecule is Cc1cc(NC(=S)NC(=O)C(C)(C)C)cc(-c2nc3ccccc3o2)c1O. The van der Waals surface area contributed by atoms with Gasteiger partial charge in [-0.1, -0.05) is 32.9 Å². The van der Waals surface area contributed by atoms with Crippen molar-refractivity contribution in [2.75, 3.05) is 5.32 Å². The molecule has 7 heteroatoms. The maximum absolute atomic E-state index is 12.1. The second-order valence-electron chi connectivity index (χ2n) is 7.33. The molecule has 1 heterocycles. The molecule has 3 N–H and O–H groups in total. The second kappa shape index (κ2) is 7.00. The third-order valence-corrected chi connectivity index (χ3v) is 4.20. The average molecular weight is 383 g/mol. The van der Waals surface area contributed by atoms with Crippen LogP contribution in [0.1, 0.15) is 26.3 Å². The quantitative estimate of drug-likeness (QED) is 0.450. The summed E-state index contributed by atoms with van der Waals surface area (Å²) in [5, 5.41) is 16.3. The fraction of sp³-hybridized carbons (Fsp3) is 0.250. The van der Waals surface area contributed by atoms with Crippen molar-refractivity contribution in [2.45, 2.75) is 27.7 Å². The van der Waals surface area contributed by atoms with Gasteiger partial charge in [0, 0.05) is 11.1 Å². The molecule has 6 nitrogen and oxygen atoms in total. The molecule has 0 radical (unpaired) electrons. The Morgan fingerprint density at radius 2 is 1.93 bits per heavy atom. The lowest BCUT2D eigenvalue weighted by Crippen LogP contribution is -2.41.